The maximum Gasteiger partial charge on any atom is 0.288 e. The summed E-state index contributed by atoms with van der Waals surface area (Å²) in [6.07, 6.45) is 3.47. The van der Waals surface area contributed by atoms with Crippen LogP contribution in [0.2, 0.25) is 5.02 Å². The van der Waals surface area contributed by atoms with Gasteiger partial charge >= 0.3 is 0 Å². The molecule has 9 heteroatoms. The number of unbranched alkanes of at least 4 members (excludes halogenated alkanes) is 1. The van der Waals surface area contributed by atoms with E-state index in [1.807, 2.05) is 80.7 Å². The monoisotopic (exact) mass is 556 g/mol. The number of halogens is 1. The van der Waals surface area contributed by atoms with Crippen LogP contribution in [0.4, 0.5) is 11.4 Å². The van der Waals surface area contributed by atoms with Crippen LogP contribution in [0.1, 0.15) is 53.0 Å². The van der Waals surface area contributed by atoms with Gasteiger partial charge in [0.15, 0.2) is 0 Å². The smallest absolute Gasteiger partial charge is 0.288 e. The predicted molar refractivity (Wildman–Crippen MR) is 155 cm³/mol. The number of hydrogen-bond donors (Lipinski definition) is 0. The van der Waals surface area contributed by atoms with Crippen molar-refractivity contribution >= 4 is 34.8 Å². The molecule has 3 aromatic carbocycles. The molecule has 0 fully saturated rings. The lowest BCUT2D eigenvalue weighted by atomic mass is 9.97. The standard InChI is InChI=1S/C31H29ClN4O4/c1-3-4-17-33(31(38)23-15-16-24(32)28(19-23)36(39)40)20-29(37)35-26-9-6-5-8-25(26)34-18-7-10-27(34)30(35)22-13-11-21(2)12-14-22/h5-16,18-19,30H,3-4,17,20H2,1-2H3. The van der Waals surface area contributed by atoms with E-state index < -0.39 is 16.9 Å². The molecule has 0 aliphatic carbocycles. The van der Waals surface area contributed by atoms with Crippen molar-refractivity contribution in [2.75, 3.05) is 18.0 Å². The normalized spacial score (nSPS) is 13.9. The minimum absolute atomic E-state index is 0.0494. The molecule has 1 aliphatic heterocycles. The predicted octanol–water partition coefficient (Wildman–Crippen LogP) is 6.73. The van der Waals surface area contributed by atoms with Gasteiger partial charge in [0.2, 0.25) is 5.91 Å². The van der Waals surface area contributed by atoms with Crippen molar-refractivity contribution in [3.8, 4) is 5.69 Å². The van der Waals surface area contributed by atoms with Crippen molar-refractivity contribution in [3.05, 3.63) is 123 Å². The first kappa shape index (κ1) is 27.1. The maximum absolute atomic E-state index is 14.3. The van der Waals surface area contributed by atoms with Crippen molar-refractivity contribution in [2.24, 2.45) is 0 Å². The summed E-state index contributed by atoms with van der Waals surface area (Å²) in [4.78, 5) is 42.0. The first-order valence-electron chi connectivity index (χ1n) is 13.2. The minimum atomic E-state index is -0.618. The van der Waals surface area contributed by atoms with Gasteiger partial charge in [0, 0.05) is 24.4 Å². The minimum Gasteiger partial charge on any atom is -0.329 e. The van der Waals surface area contributed by atoms with Gasteiger partial charge in [0.1, 0.15) is 17.6 Å². The molecule has 8 nitrogen and oxygen atoms in total. The molecule has 0 saturated heterocycles. The number of nitro benzene ring substituents is 1. The summed E-state index contributed by atoms with van der Waals surface area (Å²) >= 11 is 5.98. The molecule has 0 saturated carbocycles. The number of aryl methyl sites for hydroxylation is 1. The second kappa shape index (κ2) is 11.4. The Morgan fingerprint density at radius 3 is 2.42 bits per heavy atom. The number of rotatable bonds is 8. The first-order valence-corrected chi connectivity index (χ1v) is 13.6. The maximum atomic E-state index is 14.3. The fourth-order valence-electron chi connectivity index (χ4n) is 5.14. The Labute approximate surface area is 237 Å². The van der Waals surface area contributed by atoms with Gasteiger partial charge in [0.05, 0.1) is 22.0 Å². The Hall–Kier alpha value is -4.43. The Morgan fingerprint density at radius 1 is 1.00 bits per heavy atom. The number of amides is 2. The van der Waals surface area contributed by atoms with Crippen LogP contribution in [0.15, 0.2) is 85.1 Å². The summed E-state index contributed by atoms with van der Waals surface area (Å²) in [5.41, 5.74) is 4.39. The molecule has 5 rings (SSSR count). The molecule has 1 unspecified atom stereocenters. The lowest BCUT2D eigenvalue weighted by Gasteiger charge is -2.39. The summed E-state index contributed by atoms with van der Waals surface area (Å²) in [5.74, 6) is -0.708. The van der Waals surface area contributed by atoms with E-state index in [2.05, 4.69) is 4.57 Å². The number of carbonyl (C=O) groups excluding carboxylic acids is 2. The van der Waals surface area contributed by atoms with Gasteiger partial charge in [-0.05, 0) is 55.3 Å². The molecule has 1 aromatic heterocycles. The summed E-state index contributed by atoms with van der Waals surface area (Å²) in [6, 6.07) is 23.4. The van der Waals surface area contributed by atoms with E-state index in [0.29, 0.717) is 13.0 Å². The Kier molecular flexibility index (Phi) is 7.71. The van der Waals surface area contributed by atoms with E-state index in [1.54, 1.807) is 4.90 Å². The van der Waals surface area contributed by atoms with Crippen LogP contribution in [0.3, 0.4) is 0 Å². The average Bonchev–Trinajstić information content (AvgIpc) is 3.45. The zero-order chi connectivity index (χ0) is 28.4. The number of benzene rings is 3. The second-order valence-corrected chi connectivity index (χ2v) is 10.3. The van der Waals surface area contributed by atoms with Crippen LogP contribution in [0.5, 0.6) is 0 Å². The highest BCUT2D eigenvalue weighted by Crippen LogP contribution is 2.42. The quantitative estimate of drug-likeness (QED) is 0.178. The second-order valence-electron chi connectivity index (χ2n) is 9.87. The van der Waals surface area contributed by atoms with Crippen LogP contribution < -0.4 is 4.90 Å². The molecule has 0 radical (unpaired) electrons. The van der Waals surface area contributed by atoms with Gasteiger partial charge in [-0.15, -0.1) is 0 Å². The van der Waals surface area contributed by atoms with Crippen LogP contribution in [0.25, 0.3) is 5.69 Å². The van der Waals surface area contributed by atoms with Gasteiger partial charge in [-0.3, -0.25) is 24.6 Å². The lowest BCUT2D eigenvalue weighted by Crippen LogP contribution is -2.47. The topological polar surface area (TPSA) is 88.7 Å². The Balaban J connectivity index is 1.55. The first-order chi connectivity index (χ1) is 19.3. The van der Waals surface area contributed by atoms with Crippen molar-refractivity contribution in [1.29, 1.82) is 0 Å². The number of para-hydroxylation sites is 2. The van der Waals surface area contributed by atoms with E-state index in [1.165, 1.54) is 23.1 Å². The largest absolute Gasteiger partial charge is 0.329 e. The highest BCUT2D eigenvalue weighted by atomic mass is 35.5. The number of nitro groups is 1. The number of fused-ring (bicyclic) bond motifs is 3. The molecule has 0 N–H and O–H groups in total. The molecule has 2 heterocycles. The Morgan fingerprint density at radius 2 is 1.73 bits per heavy atom. The van der Waals surface area contributed by atoms with E-state index in [9.17, 15) is 19.7 Å². The van der Waals surface area contributed by atoms with E-state index in [0.717, 1.165) is 34.6 Å². The van der Waals surface area contributed by atoms with Crippen LogP contribution in [-0.2, 0) is 4.79 Å². The molecule has 2 amide bonds. The van der Waals surface area contributed by atoms with Crippen molar-refractivity contribution in [1.82, 2.24) is 9.47 Å². The van der Waals surface area contributed by atoms with Gasteiger partial charge < -0.3 is 9.47 Å². The van der Waals surface area contributed by atoms with Crippen LogP contribution >= 0.6 is 11.6 Å². The van der Waals surface area contributed by atoms with Crippen molar-refractivity contribution in [3.63, 3.8) is 0 Å². The number of hydrogen-bond acceptors (Lipinski definition) is 4. The lowest BCUT2D eigenvalue weighted by molar-refractivity contribution is -0.384. The highest BCUT2D eigenvalue weighted by Gasteiger charge is 2.37. The summed E-state index contributed by atoms with van der Waals surface area (Å²) < 4.78 is 2.09. The molecule has 0 spiro atoms. The molecular formula is C31H29ClN4O4. The third-order valence-corrected chi connectivity index (χ3v) is 7.49. The summed E-state index contributed by atoms with van der Waals surface area (Å²) in [6.45, 7) is 4.16. The third-order valence-electron chi connectivity index (χ3n) is 7.17. The SMILES string of the molecule is CCCCN(CC(=O)N1c2ccccc2-n2cccc2C1c1ccc(C)cc1)C(=O)c1ccc(Cl)c([N+](=O)[O-])c1. The van der Waals surface area contributed by atoms with E-state index >= 15 is 0 Å². The number of aromatic nitrogens is 1. The molecule has 1 atom stereocenters. The van der Waals surface area contributed by atoms with Crippen LogP contribution in [-0.4, -0.2) is 39.3 Å². The van der Waals surface area contributed by atoms with Gasteiger partial charge in [-0.2, -0.15) is 0 Å². The number of anilines is 1. The zero-order valence-electron chi connectivity index (χ0n) is 22.3. The molecule has 4 aromatic rings. The molecule has 40 heavy (non-hydrogen) atoms. The summed E-state index contributed by atoms with van der Waals surface area (Å²) in [7, 11) is 0. The van der Waals surface area contributed by atoms with Crippen molar-refractivity contribution < 1.29 is 14.5 Å². The Bertz CT molecular complexity index is 1580. The molecule has 0 bridgehead atoms. The summed E-state index contributed by atoms with van der Waals surface area (Å²) in [5, 5.41) is 11.4. The fraction of sp³-hybridized carbons (Fsp3) is 0.226. The van der Waals surface area contributed by atoms with Gasteiger partial charge in [-0.25, -0.2) is 0 Å². The van der Waals surface area contributed by atoms with Gasteiger partial charge in [-0.1, -0.05) is 66.9 Å². The zero-order valence-corrected chi connectivity index (χ0v) is 23.0. The van der Waals surface area contributed by atoms with Crippen LogP contribution in [0, 0.1) is 17.0 Å². The molecule has 204 valence electrons. The van der Waals surface area contributed by atoms with E-state index in [4.69, 9.17) is 11.6 Å². The highest BCUT2D eigenvalue weighted by molar-refractivity contribution is 6.32. The van der Waals surface area contributed by atoms with Crippen molar-refractivity contribution in [2.45, 2.75) is 32.7 Å². The third kappa shape index (κ3) is 5.10. The van der Waals surface area contributed by atoms with Gasteiger partial charge in [0.25, 0.3) is 11.6 Å². The molecule has 1 aliphatic rings. The fourth-order valence-corrected chi connectivity index (χ4v) is 5.32. The van der Waals surface area contributed by atoms with E-state index in [-0.39, 0.29) is 28.7 Å². The average molecular weight is 557 g/mol. The number of nitrogens with zero attached hydrogens (tertiary/aromatic N) is 4. The number of carbonyl (C=O) groups is 2. The molecular weight excluding hydrogens is 528 g/mol.